The van der Waals surface area contributed by atoms with Gasteiger partial charge in [-0.3, -0.25) is 4.79 Å². The van der Waals surface area contributed by atoms with Crippen molar-refractivity contribution in [2.75, 3.05) is 26.9 Å². The molecule has 1 unspecified atom stereocenters. The van der Waals surface area contributed by atoms with Crippen LogP contribution in [0.3, 0.4) is 0 Å². The lowest BCUT2D eigenvalue weighted by Crippen LogP contribution is -2.45. The number of rotatable bonds is 9. The molecular weight excluding hydrogens is 450 g/mol. The Kier molecular flexibility index (Phi) is 6.52. The SMILES string of the molecule is COCC(NC(=O)[C@@H]1[C@H](CNC(=O)OCC2c3ccccc3-c3ccccc32)C1(F)F)C(=O)O. The van der Waals surface area contributed by atoms with Gasteiger partial charge in [-0.15, -0.1) is 0 Å². The molecule has 0 saturated heterocycles. The van der Waals surface area contributed by atoms with E-state index in [9.17, 15) is 23.2 Å². The predicted octanol–water partition coefficient (Wildman–Crippen LogP) is 2.62. The van der Waals surface area contributed by atoms with Crippen LogP contribution in [0.25, 0.3) is 11.1 Å². The van der Waals surface area contributed by atoms with Crippen LogP contribution in [0.1, 0.15) is 17.0 Å². The molecule has 1 fully saturated rings. The van der Waals surface area contributed by atoms with Crippen molar-refractivity contribution >= 4 is 18.0 Å². The van der Waals surface area contributed by atoms with Crippen LogP contribution in [-0.4, -0.2) is 61.9 Å². The van der Waals surface area contributed by atoms with E-state index in [1.807, 2.05) is 53.8 Å². The zero-order valence-corrected chi connectivity index (χ0v) is 18.3. The molecule has 2 aliphatic rings. The topological polar surface area (TPSA) is 114 Å². The average Bonchev–Trinajstić information content (AvgIpc) is 3.22. The number of methoxy groups -OCH3 is 1. The van der Waals surface area contributed by atoms with E-state index in [4.69, 9.17) is 9.84 Å². The Labute approximate surface area is 194 Å². The number of alkyl halides is 2. The van der Waals surface area contributed by atoms with Gasteiger partial charge in [-0.1, -0.05) is 48.5 Å². The number of alkyl carbamates (subject to hydrolysis) is 1. The van der Waals surface area contributed by atoms with Crippen LogP contribution in [0.5, 0.6) is 0 Å². The molecule has 0 heterocycles. The van der Waals surface area contributed by atoms with Gasteiger partial charge >= 0.3 is 12.1 Å². The fourth-order valence-electron chi connectivity index (χ4n) is 4.45. The van der Waals surface area contributed by atoms with Crippen molar-refractivity contribution in [1.82, 2.24) is 10.6 Å². The number of aliphatic carboxylic acids is 1. The molecule has 8 nitrogen and oxygen atoms in total. The van der Waals surface area contributed by atoms with Gasteiger partial charge in [0.25, 0.3) is 5.92 Å². The number of hydrogen-bond donors (Lipinski definition) is 3. The second kappa shape index (κ2) is 9.38. The molecular formula is C24H24F2N2O6. The average molecular weight is 474 g/mol. The third-order valence-corrected chi connectivity index (χ3v) is 6.24. The third-order valence-electron chi connectivity index (χ3n) is 6.24. The van der Waals surface area contributed by atoms with E-state index in [0.717, 1.165) is 22.3 Å². The summed E-state index contributed by atoms with van der Waals surface area (Å²) in [5.41, 5.74) is 4.16. The monoisotopic (exact) mass is 474 g/mol. The first-order valence-corrected chi connectivity index (χ1v) is 10.7. The fraction of sp³-hybridized carbons (Fsp3) is 0.375. The maximum absolute atomic E-state index is 14.1. The highest BCUT2D eigenvalue weighted by Gasteiger charge is 2.71. The maximum atomic E-state index is 14.1. The van der Waals surface area contributed by atoms with E-state index in [2.05, 4.69) is 10.1 Å². The summed E-state index contributed by atoms with van der Waals surface area (Å²) in [5.74, 6) is -9.23. The van der Waals surface area contributed by atoms with E-state index < -0.39 is 48.3 Å². The number of hydrogen-bond acceptors (Lipinski definition) is 5. The Bertz CT molecular complexity index is 1060. The molecule has 0 aromatic heterocycles. The lowest BCUT2D eigenvalue weighted by atomic mass is 9.98. The van der Waals surface area contributed by atoms with E-state index in [-0.39, 0.29) is 19.1 Å². The van der Waals surface area contributed by atoms with Gasteiger partial charge in [-0.2, -0.15) is 0 Å². The number of halogens is 2. The Morgan fingerprint density at radius 3 is 2.21 bits per heavy atom. The number of carboxylic acid groups (broad SMARTS) is 1. The largest absolute Gasteiger partial charge is 0.480 e. The summed E-state index contributed by atoms with van der Waals surface area (Å²) < 4.78 is 38.3. The molecule has 34 heavy (non-hydrogen) atoms. The number of amides is 2. The van der Waals surface area contributed by atoms with E-state index >= 15 is 0 Å². The van der Waals surface area contributed by atoms with Crippen LogP contribution >= 0.6 is 0 Å². The van der Waals surface area contributed by atoms with Crippen molar-refractivity contribution < 1.29 is 37.7 Å². The highest BCUT2D eigenvalue weighted by Crippen LogP contribution is 2.55. The van der Waals surface area contributed by atoms with Crippen LogP contribution < -0.4 is 10.6 Å². The standard InChI is InChI=1S/C24H24F2N2O6/c1-33-12-19(22(30)31)28-21(29)20-18(24(20,25)26)10-27-23(32)34-11-17-15-8-4-2-6-13(15)14-7-3-5-9-16(14)17/h2-9,17-20H,10-12H2,1H3,(H,27,32)(H,28,29)(H,30,31)/t18-,19?,20-/m0/s1. The van der Waals surface area contributed by atoms with Gasteiger partial charge in [0.1, 0.15) is 12.5 Å². The molecule has 4 rings (SSSR count). The first kappa shape index (κ1) is 23.6. The number of fused-ring (bicyclic) bond motifs is 3. The number of carbonyl (C=O) groups excluding carboxylic acids is 2. The van der Waals surface area contributed by atoms with Crippen molar-refractivity contribution in [1.29, 1.82) is 0 Å². The Hall–Kier alpha value is -3.53. The van der Waals surface area contributed by atoms with Gasteiger partial charge in [0, 0.05) is 19.6 Å². The molecule has 2 aliphatic carbocycles. The fourth-order valence-corrected chi connectivity index (χ4v) is 4.45. The second-order valence-corrected chi connectivity index (χ2v) is 8.32. The summed E-state index contributed by atoms with van der Waals surface area (Å²) in [4.78, 5) is 35.5. The normalized spacial score (nSPS) is 20.6. The highest BCUT2D eigenvalue weighted by molar-refractivity contribution is 5.88. The summed E-state index contributed by atoms with van der Waals surface area (Å²) >= 11 is 0. The smallest absolute Gasteiger partial charge is 0.407 e. The third kappa shape index (κ3) is 4.45. The minimum absolute atomic E-state index is 0.0299. The molecule has 2 aromatic carbocycles. The number of carboxylic acids is 1. The van der Waals surface area contributed by atoms with Gasteiger partial charge in [0.15, 0.2) is 6.04 Å². The van der Waals surface area contributed by atoms with E-state index in [1.165, 1.54) is 7.11 Å². The molecule has 180 valence electrons. The van der Waals surface area contributed by atoms with E-state index in [0.29, 0.717) is 0 Å². The van der Waals surface area contributed by atoms with Gasteiger partial charge in [0.05, 0.1) is 12.5 Å². The molecule has 0 spiro atoms. The minimum atomic E-state index is -3.36. The van der Waals surface area contributed by atoms with Crippen molar-refractivity contribution in [3.05, 3.63) is 59.7 Å². The van der Waals surface area contributed by atoms with Crippen LogP contribution in [0.4, 0.5) is 13.6 Å². The van der Waals surface area contributed by atoms with E-state index in [1.54, 1.807) is 0 Å². The molecule has 0 aliphatic heterocycles. The Morgan fingerprint density at radius 2 is 1.65 bits per heavy atom. The Morgan fingerprint density at radius 1 is 1.06 bits per heavy atom. The first-order chi connectivity index (χ1) is 16.3. The number of carbonyl (C=O) groups is 3. The van der Waals surface area contributed by atoms with Gasteiger partial charge in [-0.25, -0.2) is 18.4 Å². The van der Waals surface area contributed by atoms with Gasteiger partial charge in [-0.05, 0) is 22.3 Å². The number of benzene rings is 2. The van der Waals surface area contributed by atoms with Gasteiger partial charge in [0.2, 0.25) is 5.91 Å². The van der Waals surface area contributed by atoms with Crippen LogP contribution in [-0.2, 0) is 19.1 Å². The summed E-state index contributed by atoms with van der Waals surface area (Å²) in [6.45, 7) is -0.812. The summed E-state index contributed by atoms with van der Waals surface area (Å²) in [6.07, 6.45) is -0.869. The van der Waals surface area contributed by atoms with Crippen LogP contribution in [0.15, 0.2) is 48.5 Å². The molecule has 2 amide bonds. The minimum Gasteiger partial charge on any atom is -0.480 e. The van der Waals surface area contributed by atoms with Crippen LogP contribution in [0.2, 0.25) is 0 Å². The maximum Gasteiger partial charge on any atom is 0.407 e. The van der Waals surface area contributed by atoms with Crippen molar-refractivity contribution in [3.63, 3.8) is 0 Å². The molecule has 3 N–H and O–H groups in total. The predicted molar refractivity (Wildman–Crippen MR) is 116 cm³/mol. The van der Waals surface area contributed by atoms with Gasteiger partial charge < -0.3 is 25.2 Å². The molecule has 2 aromatic rings. The molecule has 1 saturated carbocycles. The quantitative estimate of drug-likeness (QED) is 0.515. The molecule has 10 heteroatoms. The van der Waals surface area contributed by atoms with Crippen LogP contribution in [0, 0.1) is 11.8 Å². The van der Waals surface area contributed by atoms with Crippen molar-refractivity contribution in [3.8, 4) is 11.1 Å². The van der Waals surface area contributed by atoms with Crippen molar-refractivity contribution in [2.45, 2.75) is 17.9 Å². The zero-order valence-electron chi connectivity index (χ0n) is 18.3. The summed E-state index contributed by atoms with van der Waals surface area (Å²) in [5, 5.41) is 13.4. The highest BCUT2D eigenvalue weighted by atomic mass is 19.3. The molecule has 0 radical (unpaired) electrons. The lowest BCUT2D eigenvalue weighted by molar-refractivity contribution is -0.143. The van der Waals surface area contributed by atoms with Crippen molar-refractivity contribution in [2.24, 2.45) is 11.8 Å². The second-order valence-electron chi connectivity index (χ2n) is 8.32. The number of ether oxygens (including phenoxy) is 2. The summed E-state index contributed by atoms with van der Waals surface area (Å²) in [6, 6.07) is 14.1. The molecule has 3 atom stereocenters. The summed E-state index contributed by atoms with van der Waals surface area (Å²) in [7, 11) is 1.23. The Balaban J connectivity index is 1.31. The first-order valence-electron chi connectivity index (χ1n) is 10.7. The number of nitrogens with one attached hydrogen (secondary N) is 2. The lowest BCUT2D eigenvalue weighted by Gasteiger charge is -2.14. The zero-order chi connectivity index (χ0) is 24.5. The molecule has 0 bridgehead atoms.